The summed E-state index contributed by atoms with van der Waals surface area (Å²) in [5, 5.41) is 4.09. The Labute approximate surface area is 94.3 Å². The number of anilines is 1. The fourth-order valence-corrected chi connectivity index (χ4v) is 1.42. The van der Waals surface area contributed by atoms with Gasteiger partial charge in [-0.15, -0.1) is 5.10 Å². The molecule has 2 aromatic rings. The van der Waals surface area contributed by atoms with E-state index in [0.717, 1.165) is 11.4 Å². The van der Waals surface area contributed by atoms with Crippen LogP contribution in [-0.4, -0.2) is 19.7 Å². The Hall–Kier alpha value is -1.91. The lowest BCUT2D eigenvalue weighted by molar-refractivity contribution is 0.752. The molecule has 0 aliphatic heterocycles. The maximum atomic E-state index is 5.56. The molecule has 0 radical (unpaired) electrons. The molecule has 16 heavy (non-hydrogen) atoms. The van der Waals surface area contributed by atoms with Crippen molar-refractivity contribution in [1.82, 2.24) is 19.7 Å². The molecule has 2 heterocycles. The summed E-state index contributed by atoms with van der Waals surface area (Å²) in [4.78, 5) is 8.78. The highest BCUT2D eigenvalue weighted by Gasteiger charge is 2.07. The highest BCUT2D eigenvalue weighted by Crippen LogP contribution is 2.14. The molecular weight excluding hydrogens is 202 g/mol. The molecule has 84 valence electrons. The van der Waals surface area contributed by atoms with Gasteiger partial charge in [0.15, 0.2) is 0 Å². The number of aryl methyl sites for hydroxylation is 1. The van der Waals surface area contributed by atoms with Crippen LogP contribution < -0.4 is 5.73 Å². The molecule has 0 amide bonds. The molecule has 0 bridgehead atoms. The maximum Gasteiger partial charge on any atom is 0.251 e. The predicted molar refractivity (Wildman–Crippen MR) is 62.4 cm³/mol. The first-order chi connectivity index (χ1) is 7.56. The number of nitrogen functional groups attached to an aromatic ring is 1. The highest BCUT2D eigenvalue weighted by molar-refractivity contribution is 5.28. The molecule has 0 unspecified atom stereocenters. The number of nitrogens with zero attached hydrogens (tertiary/aromatic N) is 4. The summed E-state index contributed by atoms with van der Waals surface area (Å²) in [6.07, 6.45) is 1.76. The third kappa shape index (κ3) is 2.03. The van der Waals surface area contributed by atoms with Crippen LogP contribution in [0.3, 0.4) is 0 Å². The van der Waals surface area contributed by atoms with Gasteiger partial charge in [0.25, 0.3) is 5.95 Å². The van der Waals surface area contributed by atoms with Crippen LogP contribution in [0.1, 0.15) is 31.2 Å². The number of nitrogens with two attached hydrogens (primary N) is 1. The molecular formula is C11H15N5. The standard InChI is InChI=1S/C11H15N5/c1-7(2)9-6-8(3)13-11(14-9)16-5-4-10(12)15-16/h4-7H,1-3H3,(H2,12,15). The zero-order valence-electron chi connectivity index (χ0n) is 9.68. The smallest absolute Gasteiger partial charge is 0.251 e. The summed E-state index contributed by atoms with van der Waals surface area (Å²) >= 11 is 0. The van der Waals surface area contributed by atoms with Gasteiger partial charge in [-0.05, 0) is 18.9 Å². The lowest BCUT2D eigenvalue weighted by atomic mass is 10.1. The summed E-state index contributed by atoms with van der Waals surface area (Å²) < 4.78 is 1.59. The van der Waals surface area contributed by atoms with Gasteiger partial charge in [-0.25, -0.2) is 14.6 Å². The quantitative estimate of drug-likeness (QED) is 0.830. The first-order valence-electron chi connectivity index (χ1n) is 5.23. The molecule has 0 saturated heterocycles. The largest absolute Gasteiger partial charge is 0.382 e. The third-order valence-electron chi connectivity index (χ3n) is 2.27. The van der Waals surface area contributed by atoms with E-state index in [4.69, 9.17) is 5.73 Å². The SMILES string of the molecule is Cc1cc(C(C)C)nc(-n2ccc(N)n2)n1. The van der Waals surface area contributed by atoms with E-state index in [9.17, 15) is 0 Å². The number of aromatic nitrogens is 4. The van der Waals surface area contributed by atoms with Gasteiger partial charge in [0.1, 0.15) is 5.82 Å². The van der Waals surface area contributed by atoms with E-state index < -0.39 is 0 Å². The van der Waals surface area contributed by atoms with Gasteiger partial charge in [-0.1, -0.05) is 13.8 Å². The number of rotatable bonds is 2. The normalized spacial score (nSPS) is 11.0. The minimum Gasteiger partial charge on any atom is -0.382 e. The number of hydrogen-bond donors (Lipinski definition) is 1. The maximum absolute atomic E-state index is 5.56. The Morgan fingerprint density at radius 2 is 2.06 bits per heavy atom. The van der Waals surface area contributed by atoms with Crippen LogP contribution in [0, 0.1) is 6.92 Å². The van der Waals surface area contributed by atoms with Gasteiger partial charge in [0.05, 0.1) is 0 Å². The van der Waals surface area contributed by atoms with Gasteiger partial charge in [0, 0.05) is 23.7 Å². The minimum atomic E-state index is 0.369. The van der Waals surface area contributed by atoms with E-state index in [-0.39, 0.29) is 0 Å². The van der Waals surface area contributed by atoms with E-state index >= 15 is 0 Å². The van der Waals surface area contributed by atoms with Gasteiger partial charge in [-0.3, -0.25) is 0 Å². The molecule has 0 fully saturated rings. The van der Waals surface area contributed by atoms with Crippen molar-refractivity contribution < 1.29 is 0 Å². The fraction of sp³-hybridized carbons (Fsp3) is 0.364. The van der Waals surface area contributed by atoms with Crippen LogP contribution in [0.4, 0.5) is 5.82 Å². The Kier molecular flexibility index (Phi) is 2.60. The zero-order valence-corrected chi connectivity index (χ0v) is 9.68. The Bertz CT molecular complexity index is 501. The van der Waals surface area contributed by atoms with Crippen molar-refractivity contribution in [1.29, 1.82) is 0 Å². The Morgan fingerprint density at radius 3 is 2.62 bits per heavy atom. The summed E-state index contributed by atoms with van der Waals surface area (Å²) in [6, 6.07) is 3.71. The third-order valence-corrected chi connectivity index (χ3v) is 2.27. The molecule has 0 spiro atoms. The van der Waals surface area contributed by atoms with Gasteiger partial charge in [0.2, 0.25) is 0 Å². The highest BCUT2D eigenvalue weighted by atomic mass is 15.4. The van der Waals surface area contributed by atoms with Crippen molar-refractivity contribution in [3.63, 3.8) is 0 Å². The topological polar surface area (TPSA) is 69.6 Å². The minimum absolute atomic E-state index is 0.369. The van der Waals surface area contributed by atoms with Crippen molar-refractivity contribution in [3.8, 4) is 5.95 Å². The first-order valence-corrected chi connectivity index (χ1v) is 5.23. The second-order valence-electron chi connectivity index (χ2n) is 4.07. The van der Waals surface area contributed by atoms with E-state index in [1.54, 1.807) is 16.9 Å². The van der Waals surface area contributed by atoms with Crippen molar-refractivity contribution in [2.75, 3.05) is 5.73 Å². The average molecular weight is 217 g/mol. The van der Waals surface area contributed by atoms with E-state index in [2.05, 4.69) is 28.9 Å². The molecule has 0 saturated carbocycles. The monoisotopic (exact) mass is 217 g/mol. The average Bonchev–Trinajstić information content (AvgIpc) is 2.64. The fourth-order valence-electron chi connectivity index (χ4n) is 1.42. The van der Waals surface area contributed by atoms with Crippen molar-refractivity contribution >= 4 is 5.82 Å². The lowest BCUT2D eigenvalue weighted by Gasteiger charge is -2.07. The molecule has 2 aromatic heterocycles. The van der Waals surface area contributed by atoms with Gasteiger partial charge in [-0.2, -0.15) is 0 Å². The van der Waals surface area contributed by atoms with E-state index in [0.29, 0.717) is 17.7 Å². The Morgan fingerprint density at radius 1 is 1.31 bits per heavy atom. The number of hydrogen-bond acceptors (Lipinski definition) is 4. The van der Waals surface area contributed by atoms with Crippen LogP contribution in [-0.2, 0) is 0 Å². The van der Waals surface area contributed by atoms with Crippen LogP contribution in [0.2, 0.25) is 0 Å². The van der Waals surface area contributed by atoms with Gasteiger partial charge < -0.3 is 5.73 Å². The summed E-state index contributed by atoms with van der Waals surface area (Å²) in [5.74, 6) is 1.41. The molecule has 0 aliphatic rings. The lowest BCUT2D eigenvalue weighted by Crippen LogP contribution is -2.07. The molecule has 2 N–H and O–H groups in total. The van der Waals surface area contributed by atoms with Crippen LogP contribution in [0.5, 0.6) is 0 Å². The molecule has 5 heteroatoms. The van der Waals surface area contributed by atoms with E-state index in [1.807, 2.05) is 13.0 Å². The van der Waals surface area contributed by atoms with Gasteiger partial charge >= 0.3 is 0 Å². The van der Waals surface area contributed by atoms with Crippen LogP contribution in [0.15, 0.2) is 18.3 Å². The molecule has 5 nitrogen and oxygen atoms in total. The second kappa shape index (κ2) is 3.92. The van der Waals surface area contributed by atoms with Crippen molar-refractivity contribution in [2.24, 2.45) is 0 Å². The molecule has 2 rings (SSSR count). The van der Waals surface area contributed by atoms with E-state index in [1.165, 1.54) is 0 Å². The van der Waals surface area contributed by atoms with Crippen molar-refractivity contribution in [2.45, 2.75) is 26.7 Å². The zero-order chi connectivity index (χ0) is 11.7. The summed E-state index contributed by atoms with van der Waals surface area (Å²) in [6.45, 7) is 6.15. The van der Waals surface area contributed by atoms with Crippen molar-refractivity contribution in [3.05, 3.63) is 29.7 Å². The first kappa shape index (κ1) is 10.6. The van der Waals surface area contributed by atoms with Crippen LogP contribution >= 0.6 is 0 Å². The molecule has 0 aromatic carbocycles. The summed E-state index contributed by atoms with van der Waals surface area (Å²) in [5.41, 5.74) is 7.51. The molecule has 0 atom stereocenters. The molecule has 0 aliphatic carbocycles. The second-order valence-corrected chi connectivity index (χ2v) is 4.07. The Balaban J connectivity index is 2.49. The van der Waals surface area contributed by atoms with Crippen LogP contribution in [0.25, 0.3) is 5.95 Å². The summed E-state index contributed by atoms with van der Waals surface area (Å²) in [7, 11) is 0. The predicted octanol–water partition coefficient (Wildman–Crippen LogP) is 1.68.